The van der Waals surface area contributed by atoms with Crippen LogP contribution >= 0.6 is 0 Å². The second-order valence-corrected chi connectivity index (χ2v) is 13.2. The average Bonchev–Trinajstić information content (AvgIpc) is 2.88. The van der Waals surface area contributed by atoms with Gasteiger partial charge in [-0.15, -0.1) is 0 Å². The van der Waals surface area contributed by atoms with Crippen LogP contribution in [0.3, 0.4) is 0 Å². The van der Waals surface area contributed by atoms with Gasteiger partial charge in [0, 0.05) is 31.2 Å². The topological polar surface area (TPSA) is 107 Å². The highest BCUT2D eigenvalue weighted by atomic mass is 32.2. The molecule has 0 radical (unpaired) electrons. The van der Waals surface area contributed by atoms with E-state index >= 15 is 0 Å². The van der Waals surface area contributed by atoms with Crippen LogP contribution in [0.2, 0.25) is 0 Å². The molecule has 0 bridgehead atoms. The molecule has 0 aromatic heterocycles. The second kappa shape index (κ2) is 11.3. The van der Waals surface area contributed by atoms with Gasteiger partial charge in [-0.05, 0) is 67.3 Å². The predicted octanol–water partition coefficient (Wildman–Crippen LogP) is 2.93. The summed E-state index contributed by atoms with van der Waals surface area (Å²) in [6, 6.07) is 15.5. The highest BCUT2D eigenvalue weighted by Crippen LogP contribution is 2.32. The van der Waals surface area contributed by atoms with Crippen LogP contribution in [-0.4, -0.2) is 53.1 Å². The zero-order valence-electron chi connectivity index (χ0n) is 20.0. The molecular weight excluding hydrogens is 484 g/mol. The molecule has 1 unspecified atom stereocenters. The molecule has 35 heavy (non-hydrogen) atoms. The SMILES string of the molecule is NC(=O)C1(S(=O)c2ccc(CCCCCS(=O)(=O)N3CCc4ccccc4C3)cc2)CCOCC1. The zero-order chi connectivity index (χ0) is 24.9. The lowest BCUT2D eigenvalue weighted by Gasteiger charge is -2.33. The number of amides is 1. The molecule has 2 aromatic carbocycles. The van der Waals surface area contributed by atoms with Crippen LogP contribution in [0.1, 0.15) is 48.8 Å². The van der Waals surface area contributed by atoms with E-state index in [0.29, 0.717) is 50.5 Å². The third kappa shape index (κ3) is 6.02. The number of nitrogens with zero attached hydrogens (tertiary/aromatic N) is 1. The number of carbonyl (C=O) groups is 1. The Morgan fingerprint density at radius 1 is 1.00 bits per heavy atom. The Morgan fingerprint density at radius 3 is 2.37 bits per heavy atom. The van der Waals surface area contributed by atoms with Crippen LogP contribution < -0.4 is 5.73 Å². The smallest absolute Gasteiger partial charge is 0.236 e. The zero-order valence-corrected chi connectivity index (χ0v) is 21.6. The number of nitrogens with two attached hydrogens (primary N) is 1. The maximum atomic E-state index is 13.2. The number of aryl methyl sites for hydroxylation is 1. The number of ether oxygens (including phenoxy) is 1. The lowest BCUT2D eigenvalue weighted by atomic mass is 9.98. The molecule has 2 aliphatic rings. The van der Waals surface area contributed by atoms with Crippen molar-refractivity contribution in [3.05, 3.63) is 65.2 Å². The van der Waals surface area contributed by atoms with Crippen molar-refractivity contribution < 1.29 is 22.2 Å². The van der Waals surface area contributed by atoms with E-state index in [1.165, 1.54) is 5.56 Å². The first kappa shape index (κ1) is 26.0. The minimum atomic E-state index is -3.26. The summed E-state index contributed by atoms with van der Waals surface area (Å²) in [5.41, 5.74) is 9.07. The van der Waals surface area contributed by atoms with E-state index < -0.39 is 31.5 Å². The van der Waals surface area contributed by atoms with Gasteiger partial charge in [0.05, 0.1) is 16.6 Å². The maximum absolute atomic E-state index is 13.2. The van der Waals surface area contributed by atoms with Gasteiger partial charge in [0.15, 0.2) is 0 Å². The van der Waals surface area contributed by atoms with E-state index in [0.717, 1.165) is 36.8 Å². The molecule has 7 nitrogen and oxygen atoms in total. The van der Waals surface area contributed by atoms with E-state index in [1.807, 2.05) is 42.5 Å². The molecule has 1 atom stereocenters. The predicted molar refractivity (Wildman–Crippen MR) is 137 cm³/mol. The number of rotatable bonds is 10. The van der Waals surface area contributed by atoms with Crippen LogP contribution in [-0.2, 0) is 49.7 Å². The first-order valence-electron chi connectivity index (χ1n) is 12.2. The van der Waals surface area contributed by atoms with Crippen LogP contribution in [0.15, 0.2) is 53.4 Å². The van der Waals surface area contributed by atoms with Crippen molar-refractivity contribution in [3.63, 3.8) is 0 Å². The fourth-order valence-electron chi connectivity index (χ4n) is 4.86. The number of carbonyl (C=O) groups excluding carboxylic acids is 1. The standard InChI is InChI=1S/C26H34N2O5S2/c27-25(29)26(14-17-33-18-15-26)34(30)24-11-9-21(10-12-24)6-2-1-5-19-35(31,32)28-16-13-22-7-3-4-8-23(22)20-28/h3-4,7-12H,1-2,5-6,13-20H2,(H2,27,29). The molecule has 9 heteroatoms. The number of sulfonamides is 1. The van der Waals surface area contributed by atoms with Crippen LogP contribution in [0.4, 0.5) is 0 Å². The Morgan fingerprint density at radius 2 is 1.69 bits per heavy atom. The van der Waals surface area contributed by atoms with Gasteiger partial charge < -0.3 is 10.5 Å². The van der Waals surface area contributed by atoms with Crippen molar-refractivity contribution in [1.82, 2.24) is 4.31 Å². The summed E-state index contributed by atoms with van der Waals surface area (Å²) in [6.07, 6.45) is 4.65. The number of hydrogen-bond acceptors (Lipinski definition) is 5. The normalized spacial score (nSPS) is 19.1. The average molecular weight is 519 g/mol. The van der Waals surface area contributed by atoms with Gasteiger partial charge in [0.25, 0.3) is 0 Å². The third-order valence-electron chi connectivity index (χ3n) is 7.10. The Kier molecular flexibility index (Phi) is 8.42. The first-order chi connectivity index (χ1) is 16.8. The Bertz CT molecular complexity index is 1160. The van der Waals surface area contributed by atoms with Crippen LogP contribution in [0.25, 0.3) is 0 Å². The molecule has 1 fully saturated rings. The van der Waals surface area contributed by atoms with Gasteiger partial charge in [-0.25, -0.2) is 8.42 Å². The van der Waals surface area contributed by atoms with Gasteiger partial charge in [0.2, 0.25) is 15.9 Å². The molecule has 190 valence electrons. The summed E-state index contributed by atoms with van der Waals surface area (Å²) in [5.74, 6) is -0.363. The van der Waals surface area contributed by atoms with Crippen molar-refractivity contribution in [2.24, 2.45) is 5.73 Å². The number of fused-ring (bicyclic) bond motifs is 1. The quantitative estimate of drug-likeness (QED) is 0.487. The molecule has 2 N–H and O–H groups in total. The molecule has 0 saturated carbocycles. The number of unbranched alkanes of at least 4 members (excludes halogenated alkanes) is 2. The van der Waals surface area contributed by atoms with Gasteiger partial charge in [-0.3, -0.25) is 9.00 Å². The van der Waals surface area contributed by atoms with E-state index in [1.54, 1.807) is 4.31 Å². The Hall–Kier alpha value is -2.07. The number of hydrogen-bond donors (Lipinski definition) is 1. The van der Waals surface area contributed by atoms with E-state index in [2.05, 4.69) is 6.07 Å². The number of benzene rings is 2. The van der Waals surface area contributed by atoms with Crippen molar-refractivity contribution in [1.29, 1.82) is 0 Å². The molecule has 4 rings (SSSR count). The van der Waals surface area contributed by atoms with Crippen molar-refractivity contribution in [3.8, 4) is 0 Å². The minimum absolute atomic E-state index is 0.173. The van der Waals surface area contributed by atoms with E-state index in [-0.39, 0.29) is 5.75 Å². The maximum Gasteiger partial charge on any atom is 0.236 e. The summed E-state index contributed by atoms with van der Waals surface area (Å²) >= 11 is 0. The van der Waals surface area contributed by atoms with Gasteiger partial charge in [0.1, 0.15) is 4.75 Å². The van der Waals surface area contributed by atoms with Gasteiger partial charge in [-0.2, -0.15) is 4.31 Å². The lowest BCUT2D eigenvalue weighted by molar-refractivity contribution is -0.122. The van der Waals surface area contributed by atoms with Crippen LogP contribution in [0, 0.1) is 0 Å². The molecule has 2 aliphatic heterocycles. The lowest BCUT2D eigenvalue weighted by Crippen LogP contribution is -2.51. The fourth-order valence-corrected chi connectivity index (χ4v) is 7.94. The van der Waals surface area contributed by atoms with Crippen molar-refractivity contribution in [2.75, 3.05) is 25.5 Å². The van der Waals surface area contributed by atoms with E-state index in [4.69, 9.17) is 10.5 Å². The van der Waals surface area contributed by atoms with Crippen molar-refractivity contribution >= 4 is 26.7 Å². The van der Waals surface area contributed by atoms with Crippen molar-refractivity contribution in [2.45, 2.75) is 61.1 Å². The highest BCUT2D eigenvalue weighted by molar-refractivity contribution is 7.89. The molecular formula is C26H34N2O5S2. The molecule has 0 spiro atoms. The van der Waals surface area contributed by atoms with Gasteiger partial charge >= 0.3 is 0 Å². The summed E-state index contributed by atoms with van der Waals surface area (Å²) < 4.78 is 44.6. The molecule has 1 saturated heterocycles. The fraction of sp³-hybridized carbons (Fsp3) is 0.500. The summed E-state index contributed by atoms with van der Waals surface area (Å²) in [6.45, 7) is 1.79. The molecule has 2 heterocycles. The first-order valence-corrected chi connectivity index (χ1v) is 15.0. The molecule has 2 aromatic rings. The number of primary amides is 1. The third-order valence-corrected chi connectivity index (χ3v) is 11.0. The van der Waals surface area contributed by atoms with Gasteiger partial charge in [-0.1, -0.05) is 42.8 Å². The minimum Gasteiger partial charge on any atom is -0.381 e. The van der Waals surface area contributed by atoms with Crippen LogP contribution in [0.5, 0.6) is 0 Å². The molecule has 0 aliphatic carbocycles. The summed E-state index contributed by atoms with van der Waals surface area (Å²) in [4.78, 5) is 12.7. The Balaban J connectivity index is 1.24. The Labute approximate surface area is 210 Å². The summed E-state index contributed by atoms with van der Waals surface area (Å²) in [7, 11) is -4.79. The van der Waals surface area contributed by atoms with E-state index in [9.17, 15) is 17.4 Å². The highest BCUT2D eigenvalue weighted by Gasteiger charge is 2.45. The largest absolute Gasteiger partial charge is 0.381 e. The molecule has 1 amide bonds. The second-order valence-electron chi connectivity index (χ2n) is 9.36. The monoisotopic (exact) mass is 518 g/mol. The summed E-state index contributed by atoms with van der Waals surface area (Å²) in [5, 5.41) is 0.